The van der Waals surface area contributed by atoms with Crippen LogP contribution in [-0.4, -0.2) is 63.5 Å². The van der Waals surface area contributed by atoms with Crippen LogP contribution in [0.3, 0.4) is 0 Å². The second-order valence-electron chi connectivity index (χ2n) is 10.7. The summed E-state index contributed by atoms with van der Waals surface area (Å²) in [6.45, 7) is 7.92. The van der Waals surface area contributed by atoms with Gasteiger partial charge < -0.3 is 19.3 Å². The average Bonchev–Trinajstić information content (AvgIpc) is 3.67. The zero-order chi connectivity index (χ0) is 27.2. The Kier molecular flexibility index (Phi) is 6.96. The Labute approximate surface area is 225 Å². The Morgan fingerprint density at radius 1 is 1.29 bits per heavy atom. The van der Waals surface area contributed by atoms with Crippen LogP contribution in [0.4, 0.5) is 0 Å². The van der Waals surface area contributed by atoms with Crippen LogP contribution >= 0.6 is 11.3 Å². The topological polar surface area (TPSA) is 118 Å². The van der Waals surface area contributed by atoms with Gasteiger partial charge >= 0.3 is 0 Å². The lowest BCUT2D eigenvalue weighted by atomic mass is 9.78. The fourth-order valence-corrected chi connectivity index (χ4v) is 6.33. The largest absolute Gasteiger partial charge is 0.479 e. The lowest BCUT2D eigenvalue weighted by molar-refractivity contribution is -0.134. The molecule has 4 atom stereocenters. The number of ether oxygens (including phenoxy) is 1. The summed E-state index contributed by atoms with van der Waals surface area (Å²) in [4.78, 5) is 38.7. The van der Waals surface area contributed by atoms with Gasteiger partial charge in [0, 0.05) is 31.2 Å². The Hall–Kier alpha value is -3.37. The van der Waals surface area contributed by atoms with Crippen LogP contribution in [0.1, 0.15) is 56.5 Å². The molecule has 0 saturated carbocycles. The Bertz CT molecular complexity index is 1380. The van der Waals surface area contributed by atoms with Crippen molar-refractivity contribution in [1.82, 2.24) is 15.0 Å². The zero-order valence-corrected chi connectivity index (χ0v) is 23.0. The first-order valence-electron chi connectivity index (χ1n) is 12.7. The van der Waals surface area contributed by atoms with E-state index in [1.165, 1.54) is 7.11 Å². The van der Waals surface area contributed by atoms with Gasteiger partial charge in [0.15, 0.2) is 5.76 Å². The van der Waals surface area contributed by atoms with Crippen molar-refractivity contribution in [1.29, 1.82) is 0 Å². The molecule has 0 radical (unpaired) electrons. The number of aromatic nitrogens is 2. The highest BCUT2D eigenvalue weighted by Gasteiger charge is 2.48. The minimum atomic E-state index is -0.839. The van der Waals surface area contributed by atoms with Crippen molar-refractivity contribution < 1.29 is 24.0 Å². The van der Waals surface area contributed by atoms with Gasteiger partial charge in [0.1, 0.15) is 5.92 Å². The number of hydrogen-bond acceptors (Lipinski definition) is 8. The molecule has 3 aromatic rings. The van der Waals surface area contributed by atoms with Gasteiger partial charge in [0.2, 0.25) is 5.91 Å². The molecule has 1 saturated heterocycles. The lowest BCUT2D eigenvalue weighted by Crippen LogP contribution is -2.44. The van der Waals surface area contributed by atoms with Gasteiger partial charge in [-0.25, -0.2) is 9.98 Å². The summed E-state index contributed by atoms with van der Waals surface area (Å²) in [7, 11) is 1.49. The molecule has 5 rings (SSSR count). The summed E-state index contributed by atoms with van der Waals surface area (Å²) in [5.74, 6) is -0.401. The molecule has 2 aliphatic rings. The number of carbonyl (C=O) groups excluding carboxylic acids is 2. The van der Waals surface area contributed by atoms with Crippen molar-refractivity contribution in [2.75, 3.05) is 13.7 Å². The van der Waals surface area contributed by atoms with E-state index in [1.54, 1.807) is 22.3 Å². The van der Waals surface area contributed by atoms with Crippen molar-refractivity contribution in [3.8, 4) is 16.3 Å². The molecular weight excluding hydrogens is 504 g/mol. The maximum Gasteiger partial charge on any atom is 0.256 e. The summed E-state index contributed by atoms with van der Waals surface area (Å²) in [5, 5.41) is 14.4. The highest BCUT2D eigenvalue weighted by molar-refractivity contribution is 7.13. The van der Waals surface area contributed by atoms with E-state index in [-0.39, 0.29) is 24.3 Å². The molecule has 0 aliphatic carbocycles. The Balaban J connectivity index is 1.39. The monoisotopic (exact) mass is 536 g/mol. The van der Waals surface area contributed by atoms with Crippen LogP contribution in [0.15, 0.2) is 45.4 Å². The van der Waals surface area contributed by atoms with E-state index in [0.717, 1.165) is 21.7 Å². The van der Waals surface area contributed by atoms with Crippen molar-refractivity contribution in [2.24, 2.45) is 10.9 Å². The van der Waals surface area contributed by atoms with Crippen molar-refractivity contribution in [2.45, 2.75) is 64.0 Å². The number of methoxy groups -OCH3 is 1. The normalized spacial score (nSPS) is 24.2. The fourth-order valence-electron chi connectivity index (χ4n) is 5.52. The zero-order valence-electron chi connectivity index (χ0n) is 22.2. The third kappa shape index (κ3) is 4.56. The number of β-amino-alcohol motifs (C(OH)–C–C–N with tert-alkyl or cyclic N) is 1. The van der Waals surface area contributed by atoms with Gasteiger partial charge in [-0.1, -0.05) is 38.1 Å². The first kappa shape index (κ1) is 26.2. The van der Waals surface area contributed by atoms with Crippen molar-refractivity contribution in [3.05, 3.63) is 52.9 Å². The SMILES string of the molecule is COc1cc([C@@H](C(=O)N2C[C@H](O)C[C@H]2C2=NC(=O)[C@@](C)(c3ccc(-c4scnc4C)cc3)C2)C(C)C)on1. The number of hydrogen-bond donors (Lipinski definition) is 1. The summed E-state index contributed by atoms with van der Waals surface area (Å²) >= 11 is 1.59. The molecule has 9 nitrogen and oxygen atoms in total. The van der Waals surface area contributed by atoms with E-state index >= 15 is 0 Å². The van der Waals surface area contributed by atoms with E-state index < -0.39 is 23.5 Å². The predicted molar refractivity (Wildman–Crippen MR) is 143 cm³/mol. The lowest BCUT2D eigenvalue weighted by Gasteiger charge is -2.30. The number of rotatable bonds is 7. The first-order chi connectivity index (χ1) is 18.1. The summed E-state index contributed by atoms with van der Waals surface area (Å²) in [6.07, 6.45) is 0.0174. The molecule has 0 spiro atoms. The van der Waals surface area contributed by atoms with Gasteiger partial charge in [-0.05, 0) is 36.0 Å². The van der Waals surface area contributed by atoms with Gasteiger partial charge in [0.25, 0.3) is 11.8 Å². The number of thiazole rings is 1. The second-order valence-corrected chi connectivity index (χ2v) is 11.5. The molecule has 0 bridgehead atoms. The molecule has 2 aromatic heterocycles. The molecule has 0 unspecified atom stereocenters. The molecule has 10 heteroatoms. The summed E-state index contributed by atoms with van der Waals surface area (Å²) in [5.41, 5.74) is 4.52. The maximum absolute atomic E-state index is 13.8. The van der Waals surface area contributed by atoms with Crippen LogP contribution in [-0.2, 0) is 15.0 Å². The van der Waals surface area contributed by atoms with E-state index in [9.17, 15) is 14.7 Å². The maximum atomic E-state index is 13.8. The van der Waals surface area contributed by atoms with Crippen molar-refractivity contribution >= 4 is 28.9 Å². The number of aryl methyl sites for hydroxylation is 1. The third-order valence-corrected chi connectivity index (χ3v) is 8.66. The van der Waals surface area contributed by atoms with E-state index in [2.05, 4.69) is 15.1 Å². The van der Waals surface area contributed by atoms with Crippen LogP contribution in [0.25, 0.3) is 10.4 Å². The van der Waals surface area contributed by atoms with Gasteiger partial charge in [-0.3, -0.25) is 9.59 Å². The predicted octanol–water partition coefficient (Wildman–Crippen LogP) is 4.15. The minimum Gasteiger partial charge on any atom is -0.479 e. The second kappa shape index (κ2) is 10.1. The highest BCUT2D eigenvalue weighted by atomic mass is 32.1. The highest BCUT2D eigenvalue weighted by Crippen LogP contribution is 2.40. The third-order valence-electron chi connectivity index (χ3n) is 7.68. The van der Waals surface area contributed by atoms with E-state index in [0.29, 0.717) is 30.2 Å². The average molecular weight is 537 g/mol. The Morgan fingerprint density at radius 2 is 2.03 bits per heavy atom. The fraction of sp³-hybridized carbons (Fsp3) is 0.464. The first-order valence-corrected chi connectivity index (χ1v) is 13.6. The van der Waals surface area contributed by atoms with Crippen LogP contribution in [0, 0.1) is 12.8 Å². The van der Waals surface area contributed by atoms with Crippen molar-refractivity contribution in [3.63, 3.8) is 0 Å². The van der Waals surface area contributed by atoms with E-state index in [4.69, 9.17) is 9.26 Å². The number of nitrogens with zero attached hydrogens (tertiary/aromatic N) is 4. The number of aliphatic hydroxyl groups excluding tert-OH is 1. The standard InChI is InChI=1S/C28H32N4O5S/c1-15(2)24(22-11-23(36-5)31-37-22)26(34)32-13-19(33)10-21(32)20-12-28(4,27(35)30-20)18-8-6-17(7-9-18)25-16(3)29-14-38-25/h6-9,11,14-15,19,21,24,33H,10,12-13H2,1-5H3/t19-,21+,24+,28-/m1/s1. The number of benzene rings is 1. The smallest absolute Gasteiger partial charge is 0.256 e. The molecule has 1 aromatic carbocycles. The summed E-state index contributed by atoms with van der Waals surface area (Å²) < 4.78 is 10.6. The number of aliphatic hydroxyl groups is 1. The quantitative estimate of drug-likeness (QED) is 0.482. The molecule has 38 heavy (non-hydrogen) atoms. The number of likely N-dealkylation sites (tertiary alicyclic amines) is 1. The van der Waals surface area contributed by atoms with Crippen LogP contribution < -0.4 is 4.74 Å². The van der Waals surface area contributed by atoms with Crippen LogP contribution in [0.2, 0.25) is 0 Å². The molecule has 1 N–H and O–H groups in total. The number of carbonyl (C=O) groups is 2. The van der Waals surface area contributed by atoms with E-state index in [1.807, 2.05) is 57.5 Å². The molecule has 2 amide bonds. The molecule has 4 heterocycles. The molecule has 1 fully saturated rings. The molecular formula is C28H32N4O5S. The van der Waals surface area contributed by atoms with Gasteiger partial charge in [-0.2, -0.15) is 0 Å². The number of amides is 2. The molecule has 2 aliphatic heterocycles. The van der Waals surface area contributed by atoms with Crippen LogP contribution in [0.5, 0.6) is 5.88 Å². The minimum absolute atomic E-state index is 0.0864. The number of aliphatic imine (C=N–C) groups is 1. The Morgan fingerprint density at radius 3 is 2.63 bits per heavy atom. The molecule has 200 valence electrons. The summed E-state index contributed by atoms with van der Waals surface area (Å²) in [6, 6.07) is 9.14. The van der Waals surface area contributed by atoms with Gasteiger partial charge in [0.05, 0.1) is 40.8 Å². The van der Waals surface area contributed by atoms with Gasteiger partial charge in [-0.15, -0.1) is 11.3 Å².